The molecule has 0 atom stereocenters. The van der Waals surface area contributed by atoms with Gasteiger partial charge < -0.3 is 18.9 Å². The average molecular weight is 600 g/mol. The number of nitrogens with zero attached hydrogens (tertiary/aromatic N) is 1. The number of carbonyl (C=O) groups is 2. The molecule has 0 aromatic heterocycles. The Balaban J connectivity index is 1.90. The largest absolute Gasteiger partial charge is 0.490 e. The zero-order chi connectivity index (χ0) is 22.4. The van der Waals surface area contributed by atoms with E-state index >= 15 is 0 Å². The molecule has 2 aromatic rings. The summed E-state index contributed by atoms with van der Waals surface area (Å²) in [5.74, 6) is 0.116. The molecule has 9 heteroatoms. The number of rotatable bonds is 8. The molecule has 0 saturated carbocycles. The van der Waals surface area contributed by atoms with E-state index in [1.807, 2.05) is 31.2 Å². The second kappa shape index (κ2) is 10.8. The first-order valence-corrected chi connectivity index (χ1v) is 11.3. The lowest BCUT2D eigenvalue weighted by Gasteiger charge is -2.14. The first-order valence-electron chi connectivity index (χ1n) is 9.45. The Hall–Kier alpha value is -2.40. The van der Waals surface area contributed by atoms with E-state index in [9.17, 15) is 9.59 Å². The van der Waals surface area contributed by atoms with Crippen LogP contribution >= 0.6 is 38.5 Å². The highest BCUT2D eigenvalue weighted by atomic mass is 127. The molecule has 0 N–H and O–H groups in total. The maximum absolute atomic E-state index is 12.3. The fourth-order valence-corrected chi connectivity index (χ4v) is 3.96. The summed E-state index contributed by atoms with van der Waals surface area (Å²) in [6, 6.07) is 10.9. The second-order valence-corrected chi connectivity index (χ2v) is 8.19. The normalized spacial score (nSPS) is 14.3. The van der Waals surface area contributed by atoms with E-state index in [0.29, 0.717) is 32.8 Å². The molecular formula is C22H19BrINO6. The minimum absolute atomic E-state index is 0.171. The van der Waals surface area contributed by atoms with E-state index in [2.05, 4.69) is 43.5 Å². The van der Waals surface area contributed by atoms with Crippen molar-refractivity contribution in [3.05, 3.63) is 61.3 Å². The summed E-state index contributed by atoms with van der Waals surface area (Å²) < 4.78 is 23.0. The number of esters is 2. The number of ether oxygens (including phenoxy) is 4. The third kappa shape index (κ3) is 5.85. The third-order valence-electron chi connectivity index (χ3n) is 4.00. The Kier molecular flexibility index (Phi) is 8.08. The first-order chi connectivity index (χ1) is 14.9. The van der Waals surface area contributed by atoms with Crippen molar-refractivity contribution in [3.63, 3.8) is 0 Å². The Morgan fingerprint density at radius 2 is 1.97 bits per heavy atom. The third-order valence-corrected chi connectivity index (χ3v) is 5.49. The Labute approximate surface area is 201 Å². The first kappa shape index (κ1) is 23.3. The van der Waals surface area contributed by atoms with E-state index in [1.165, 1.54) is 0 Å². The predicted octanol–water partition coefficient (Wildman–Crippen LogP) is 4.74. The molecule has 1 aliphatic rings. The number of carbonyl (C=O) groups excluding carboxylic acids is 2. The summed E-state index contributed by atoms with van der Waals surface area (Å²) in [7, 11) is 0. The lowest BCUT2D eigenvalue weighted by molar-refractivity contribution is -0.145. The van der Waals surface area contributed by atoms with Crippen molar-refractivity contribution in [2.75, 3.05) is 19.8 Å². The van der Waals surface area contributed by atoms with Gasteiger partial charge in [-0.3, -0.25) is 0 Å². The number of benzene rings is 2. The molecular weight excluding hydrogens is 581 g/mol. The van der Waals surface area contributed by atoms with Gasteiger partial charge in [0.1, 0.15) is 0 Å². The highest BCUT2D eigenvalue weighted by Gasteiger charge is 2.25. The number of hydrogen-bond donors (Lipinski definition) is 0. The molecule has 7 nitrogen and oxygen atoms in total. The van der Waals surface area contributed by atoms with Crippen LogP contribution in [0.3, 0.4) is 0 Å². The molecule has 1 aliphatic heterocycles. The minimum Gasteiger partial charge on any atom is -0.490 e. The summed E-state index contributed by atoms with van der Waals surface area (Å²) in [4.78, 5) is 28.3. The molecule has 0 saturated heterocycles. The summed E-state index contributed by atoms with van der Waals surface area (Å²) >= 11 is 5.52. The smallest absolute Gasteiger partial charge is 0.363 e. The van der Waals surface area contributed by atoms with Gasteiger partial charge in [0, 0.05) is 4.47 Å². The van der Waals surface area contributed by atoms with Gasteiger partial charge in [-0.05, 0) is 88.3 Å². The van der Waals surface area contributed by atoms with Crippen LogP contribution in [-0.4, -0.2) is 37.7 Å². The van der Waals surface area contributed by atoms with Crippen LogP contribution in [0.5, 0.6) is 11.5 Å². The second-order valence-electron chi connectivity index (χ2n) is 6.17. The average Bonchev–Trinajstić information content (AvgIpc) is 3.08. The van der Waals surface area contributed by atoms with E-state index in [1.54, 1.807) is 25.1 Å². The van der Waals surface area contributed by atoms with Crippen LogP contribution in [0, 0.1) is 3.57 Å². The predicted molar refractivity (Wildman–Crippen MR) is 127 cm³/mol. The van der Waals surface area contributed by atoms with Gasteiger partial charge in [0.15, 0.2) is 23.8 Å². The molecule has 0 unspecified atom stereocenters. The SMILES string of the molecule is CCOC(=O)COc1c(I)cc(/C=C2\N=C(c3ccccc3Br)OC2=O)cc1OCC. The van der Waals surface area contributed by atoms with Crippen molar-refractivity contribution in [2.45, 2.75) is 13.8 Å². The quantitative estimate of drug-likeness (QED) is 0.248. The highest BCUT2D eigenvalue weighted by Crippen LogP contribution is 2.35. The Bertz CT molecular complexity index is 1070. The molecule has 31 heavy (non-hydrogen) atoms. The maximum Gasteiger partial charge on any atom is 0.363 e. The molecule has 0 fully saturated rings. The molecule has 162 valence electrons. The molecule has 3 rings (SSSR count). The van der Waals surface area contributed by atoms with Crippen LogP contribution in [0.1, 0.15) is 25.0 Å². The van der Waals surface area contributed by atoms with Gasteiger partial charge in [0.25, 0.3) is 0 Å². The lowest BCUT2D eigenvalue weighted by atomic mass is 10.1. The fourth-order valence-electron chi connectivity index (χ4n) is 2.72. The van der Waals surface area contributed by atoms with Crippen molar-refractivity contribution >= 4 is 62.4 Å². The van der Waals surface area contributed by atoms with E-state index in [-0.39, 0.29) is 24.8 Å². The van der Waals surface area contributed by atoms with Crippen LogP contribution in [0.15, 0.2) is 51.6 Å². The molecule has 0 amide bonds. The van der Waals surface area contributed by atoms with E-state index in [4.69, 9.17) is 18.9 Å². The number of hydrogen-bond acceptors (Lipinski definition) is 7. The van der Waals surface area contributed by atoms with Gasteiger partial charge >= 0.3 is 11.9 Å². The maximum atomic E-state index is 12.3. The van der Waals surface area contributed by atoms with Gasteiger partial charge in [-0.1, -0.05) is 12.1 Å². The van der Waals surface area contributed by atoms with Crippen molar-refractivity contribution in [3.8, 4) is 11.5 Å². The van der Waals surface area contributed by atoms with E-state index < -0.39 is 11.9 Å². The van der Waals surface area contributed by atoms with Crippen LogP contribution in [0.2, 0.25) is 0 Å². The van der Waals surface area contributed by atoms with Crippen LogP contribution < -0.4 is 9.47 Å². The molecule has 1 heterocycles. The Morgan fingerprint density at radius 1 is 1.19 bits per heavy atom. The summed E-state index contributed by atoms with van der Waals surface area (Å²) in [5, 5.41) is 0. The van der Waals surface area contributed by atoms with Crippen molar-refractivity contribution in [2.24, 2.45) is 4.99 Å². The standard InChI is InChI=1S/C22H19BrINO6/c1-3-28-18-11-13(9-16(24)20(18)30-12-19(26)29-4-2)10-17-22(27)31-21(25-17)14-7-5-6-8-15(14)23/h5-11H,3-4,12H2,1-2H3/b17-10-. The van der Waals surface area contributed by atoms with Crippen LogP contribution in [0.25, 0.3) is 6.08 Å². The summed E-state index contributed by atoms with van der Waals surface area (Å²) in [6.07, 6.45) is 1.62. The van der Waals surface area contributed by atoms with Crippen molar-refractivity contribution in [1.29, 1.82) is 0 Å². The van der Waals surface area contributed by atoms with Crippen molar-refractivity contribution < 1.29 is 28.5 Å². The Morgan fingerprint density at radius 3 is 2.68 bits per heavy atom. The summed E-state index contributed by atoms with van der Waals surface area (Å²) in [5.41, 5.74) is 1.54. The van der Waals surface area contributed by atoms with Gasteiger partial charge in [-0.2, -0.15) is 0 Å². The zero-order valence-corrected chi connectivity index (χ0v) is 20.6. The van der Waals surface area contributed by atoms with Gasteiger partial charge in [0.2, 0.25) is 5.90 Å². The zero-order valence-electron chi connectivity index (χ0n) is 16.8. The monoisotopic (exact) mass is 599 g/mol. The number of cyclic esters (lactones) is 1. The molecule has 0 radical (unpaired) electrons. The number of halogens is 2. The van der Waals surface area contributed by atoms with Crippen LogP contribution in [-0.2, 0) is 19.1 Å². The minimum atomic E-state index is -0.540. The van der Waals surface area contributed by atoms with Gasteiger partial charge in [0.05, 0.1) is 22.3 Å². The highest BCUT2D eigenvalue weighted by molar-refractivity contribution is 14.1. The van der Waals surface area contributed by atoms with Gasteiger partial charge in [-0.15, -0.1) is 0 Å². The summed E-state index contributed by atoms with van der Waals surface area (Å²) in [6.45, 7) is 4.03. The number of aliphatic imine (C=N–C) groups is 1. The van der Waals surface area contributed by atoms with E-state index in [0.717, 1.165) is 4.47 Å². The van der Waals surface area contributed by atoms with Crippen LogP contribution in [0.4, 0.5) is 0 Å². The molecule has 0 aliphatic carbocycles. The van der Waals surface area contributed by atoms with Gasteiger partial charge in [-0.25, -0.2) is 14.6 Å². The topological polar surface area (TPSA) is 83.4 Å². The molecule has 0 spiro atoms. The fraction of sp³-hybridized carbons (Fsp3) is 0.227. The van der Waals surface area contributed by atoms with Crippen molar-refractivity contribution in [1.82, 2.24) is 0 Å². The molecule has 0 bridgehead atoms. The lowest BCUT2D eigenvalue weighted by Crippen LogP contribution is -2.15. The molecule has 2 aromatic carbocycles.